The largest absolute Gasteiger partial charge is 0.341 e. The lowest BCUT2D eigenvalue weighted by Crippen LogP contribution is -2.48. The number of thiazole rings is 1. The number of aryl methyl sites for hydroxylation is 1. The molecule has 0 aromatic carbocycles. The predicted octanol–water partition coefficient (Wildman–Crippen LogP) is 3.37. The minimum Gasteiger partial charge on any atom is -0.341 e. The van der Waals surface area contributed by atoms with Crippen LogP contribution >= 0.6 is 36.2 Å². The molecule has 4 nitrogen and oxygen atoms in total. The van der Waals surface area contributed by atoms with Crippen LogP contribution in [0.3, 0.4) is 0 Å². The van der Waals surface area contributed by atoms with Crippen LogP contribution in [0.5, 0.6) is 0 Å². The maximum absolute atomic E-state index is 12.4. The van der Waals surface area contributed by atoms with Crippen molar-refractivity contribution in [3.63, 3.8) is 0 Å². The Hall–Kier alpha value is -0.360. The molecule has 0 saturated carbocycles. The average Bonchev–Trinajstić information content (AvgIpc) is 2.84. The quantitative estimate of drug-likeness (QED) is 0.886. The summed E-state index contributed by atoms with van der Waals surface area (Å²) >= 11 is 1.71. The van der Waals surface area contributed by atoms with Crippen LogP contribution in [0, 0.1) is 12.8 Å². The summed E-state index contributed by atoms with van der Waals surface area (Å²) in [5.74, 6) is 0.950. The number of piperidine rings is 1. The Morgan fingerprint density at radius 3 is 2.73 bits per heavy atom. The lowest BCUT2D eigenvalue weighted by molar-refractivity contribution is -0.134. The van der Waals surface area contributed by atoms with Gasteiger partial charge in [0.1, 0.15) is 0 Å². The minimum atomic E-state index is -0.355. The van der Waals surface area contributed by atoms with Crippen LogP contribution in [0.15, 0.2) is 5.38 Å². The maximum Gasteiger partial charge on any atom is 0.239 e. The summed E-state index contributed by atoms with van der Waals surface area (Å²) in [4.78, 5) is 18.9. The Bertz CT molecular complexity index is 467. The van der Waals surface area contributed by atoms with Crippen molar-refractivity contribution in [2.45, 2.75) is 52.0 Å². The van der Waals surface area contributed by atoms with E-state index in [1.807, 2.05) is 11.8 Å². The molecule has 0 radical (unpaired) electrons. The van der Waals surface area contributed by atoms with Gasteiger partial charge in [-0.1, -0.05) is 13.8 Å². The standard InChI is InChI=1S/C15H25N3OS.2ClH/c1-10(2)7-13(16)15(19)18-6-4-5-12(8-18)14-17-11(3)9-20-14;;/h9-10,12-13H,4-8,16H2,1-3H3;2*1H/t12?,13-;;/m0../s1. The van der Waals surface area contributed by atoms with Gasteiger partial charge in [-0.3, -0.25) is 4.79 Å². The van der Waals surface area contributed by atoms with Gasteiger partial charge in [-0.05, 0) is 32.1 Å². The first-order valence-corrected chi connectivity index (χ1v) is 8.31. The molecule has 2 N–H and O–H groups in total. The molecule has 0 bridgehead atoms. The predicted molar refractivity (Wildman–Crippen MR) is 97.3 cm³/mol. The molecule has 1 amide bonds. The van der Waals surface area contributed by atoms with Crippen LogP contribution in [0.4, 0.5) is 0 Å². The molecule has 128 valence electrons. The summed E-state index contributed by atoms with van der Waals surface area (Å²) in [6.45, 7) is 7.84. The molecule has 1 aliphatic heterocycles. The molecule has 0 aliphatic carbocycles. The van der Waals surface area contributed by atoms with Crippen LogP contribution in [0.2, 0.25) is 0 Å². The van der Waals surface area contributed by atoms with Crippen LogP contribution < -0.4 is 5.73 Å². The lowest BCUT2D eigenvalue weighted by Gasteiger charge is -2.33. The number of carbonyl (C=O) groups excluding carboxylic acids is 1. The van der Waals surface area contributed by atoms with Gasteiger partial charge < -0.3 is 10.6 Å². The second kappa shape index (κ2) is 9.71. The number of hydrogen-bond acceptors (Lipinski definition) is 4. The van der Waals surface area contributed by atoms with Crippen molar-refractivity contribution < 1.29 is 4.79 Å². The van der Waals surface area contributed by atoms with Gasteiger partial charge in [-0.15, -0.1) is 36.2 Å². The Labute approximate surface area is 149 Å². The number of rotatable bonds is 4. The SMILES string of the molecule is Cc1csc(C2CCCN(C(=O)[C@@H](N)CC(C)C)C2)n1.Cl.Cl. The average molecular weight is 368 g/mol. The Balaban J connectivity index is 0.00000220. The number of halogens is 2. The molecule has 1 aliphatic rings. The summed E-state index contributed by atoms with van der Waals surface area (Å²) in [7, 11) is 0. The molecule has 2 atom stereocenters. The zero-order chi connectivity index (χ0) is 14.7. The number of carbonyl (C=O) groups is 1. The number of nitrogens with zero attached hydrogens (tertiary/aromatic N) is 2. The second-order valence-corrected chi connectivity index (χ2v) is 7.08. The van der Waals surface area contributed by atoms with Crippen molar-refractivity contribution in [1.82, 2.24) is 9.88 Å². The molecule has 1 aromatic heterocycles. The van der Waals surface area contributed by atoms with Gasteiger partial charge in [0.2, 0.25) is 5.91 Å². The molecular weight excluding hydrogens is 341 g/mol. The normalized spacial score (nSPS) is 19.3. The van der Waals surface area contributed by atoms with Crippen molar-refractivity contribution in [2.75, 3.05) is 13.1 Å². The van der Waals surface area contributed by atoms with Crippen molar-refractivity contribution in [1.29, 1.82) is 0 Å². The highest BCUT2D eigenvalue weighted by Gasteiger charge is 2.29. The number of likely N-dealkylation sites (tertiary alicyclic amines) is 1. The molecule has 1 fully saturated rings. The second-order valence-electron chi connectivity index (χ2n) is 6.19. The highest BCUT2D eigenvalue weighted by atomic mass is 35.5. The summed E-state index contributed by atoms with van der Waals surface area (Å²) in [6.07, 6.45) is 2.93. The van der Waals surface area contributed by atoms with E-state index < -0.39 is 0 Å². The van der Waals surface area contributed by atoms with Crippen LogP contribution in [0.1, 0.15) is 49.7 Å². The van der Waals surface area contributed by atoms with Crippen LogP contribution in [0.25, 0.3) is 0 Å². The monoisotopic (exact) mass is 367 g/mol. The molecular formula is C15H27Cl2N3OS. The summed E-state index contributed by atoms with van der Waals surface area (Å²) < 4.78 is 0. The molecule has 22 heavy (non-hydrogen) atoms. The van der Waals surface area contributed by atoms with E-state index >= 15 is 0 Å². The van der Waals surface area contributed by atoms with E-state index in [-0.39, 0.29) is 36.8 Å². The van der Waals surface area contributed by atoms with E-state index in [9.17, 15) is 4.79 Å². The fraction of sp³-hybridized carbons (Fsp3) is 0.733. The highest BCUT2D eigenvalue weighted by molar-refractivity contribution is 7.09. The van der Waals surface area contributed by atoms with E-state index in [2.05, 4.69) is 24.2 Å². The molecule has 1 aromatic rings. The Kier molecular flexibility index (Phi) is 9.55. The molecule has 1 unspecified atom stereocenters. The van der Waals surface area contributed by atoms with Crippen LogP contribution in [-0.4, -0.2) is 34.9 Å². The first kappa shape index (κ1) is 21.6. The van der Waals surface area contributed by atoms with E-state index in [0.29, 0.717) is 11.8 Å². The summed E-state index contributed by atoms with van der Waals surface area (Å²) in [6, 6.07) is -0.355. The fourth-order valence-electron chi connectivity index (χ4n) is 2.78. The molecule has 2 rings (SSSR count). The van der Waals surface area contributed by atoms with Gasteiger partial charge in [0.15, 0.2) is 0 Å². The number of aromatic nitrogens is 1. The van der Waals surface area contributed by atoms with E-state index in [1.54, 1.807) is 11.3 Å². The highest BCUT2D eigenvalue weighted by Crippen LogP contribution is 2.29. The molecule has 2 heterocycles. The van der Waals surface area contributed by atoms with Gasteiger partial charge in [-0.2, -0.15) is 0 Å². The lowest BCUT2D eigenvalue weighted by atomic mass is 9.96. The third-order valence-corrected chi connectivity index (χ3v) is 4.89. The van der Waals surface area contributed by atoms with Gasteiger partial charge in [0, 0.05) is 30.1 Å². The number of amides is 1. The number of hydrogen-bond donors (Lipinski definition) is 1. The first-order valence-electron chi connectivity index (χ1n) is 7.43. The van der Waals surface area contributed by atoms with Crippen molar-refractivity contribution in [3.8, 4) is 0 Å². The third kappa shape index (κ3) is 5.69. The first-order chi connectivity index (χ1) is 9.47. The number of nitrogens with two attached hydrogens (primary N) is 1. The Morgan fingerprint density at radius 2 is 2.18 bits per heavy atom. The Morgan fingerprint density at radius 1 is 1.50 bits per heavy atom. The van der Waals surface area contributed by atoms with Gasteiger partial charge in [0.05, 0.1) is 11.0 Å². The van der Waals surface area contributed by atoms with E-state index in [1.165, 1.54) is 0 Å². The molecule has 7 heteroatoms. The zero-order valence-electron chi connectivity index (χ0n) is 13.4. The van der Waals surface area contributed by atoms with Gasteiger partial charge in [-0.25, -0.2) is 4.98 Å². The topological polar surface area (TPSA) is 59.2 Å². The van der Waals surface area contributed by atoms with Crippen molar-refractivity contribution >= 4 is 42.1 Å². The maximum atomic E-state index is 12.4. The fourth-order valence-corrected chi connectivity index (χ4v) is 3.71. The summed E-state index contributed by atoms with van der Waals surface area (Å²) in [5.41, 5.74) is 7.11. The van der Waals surface area contributed by atoms with Crippen molar-refractivity contribution in [2.24, 2.45) is 11.7 Å². The molecule has 0 spiro atoms. The van der Waals surface area contributed by atoms with E-state index in [0.717, 1.165) is 43.1 Å². The third-order valence-electron chi connectivity index (χ3n) is 3.76. The van der Waals surface area contributed by atoms with E-state index in [4.69, 9.17) is 5.73 Å². The van der Waals surface area contributed by atoms with Gasteiger partial charge >= 0.3 is 0 Å². The molecule has 1 saturated heterocycles. The minimum absolute atomic E-state index is 0. The summed E-state index contributed by atoms with van der Waals surface area (Å²) in [5, 5.41) is 3.25. The van der Waals surface area contributed by atoms with Gasteiger partial charge in [0.25, 0.3) is 0 Å². The van der Waals surface area contributed by atoms with Crippen molar-refractivity contribution in [3.05, 3.63) is 16.1 Å². The zero-order valence-corrected chi connectivity index (χ0v) is 15.9. The smallest absolute Gasteiger partial charge is 0.239 e. The van der Waals surface area contributed by atoms with Crippen LogP contribution in [-0.2, 0) is 4.79 Å².